The van der Waals surface area contributed by atoms with Crippen LogP contribution in [0.4, 0.5) is 5.69 Å². The van der Waals surface area contributed by atoms with Crippen LogP contribution >= 0.6 is 0 Å². The average molecular weight is 317 g/mol. The molecule has 0 unspecified atom stereocenters. The second kappa shape index (κ2) is 6.75. The molecule has 24 heavy (non-hydrogen) atoms. The molecule has 3 aromatic rings. The molecule has 0 spiro atoms. The van der Waals surface area contributed by atoms with Gasteiger partial charge in [0.25, 0.3) is 0 Å². The number of carbonyl (C=O) groups is 1. The van der Waals surface area contributed by atoms with Crippen LogP contribution in [-0.4, -0.2) is 21.0 Å². The minimum atomic E-state index is -0.0325. The minimum Gasteiger partial charge on any atom is -0.380 e. The van der Waals surface area contributed by atoms with Gasteiger partial charge in [-0.25, -0.2) is 4.98 Å². The highest BCUT2D eigenvalue weighted by atomic mass is 16.1. The van der Waals surface area contributed by atoms with Crippen LogP contribution in [0.15, 0.2) is 48.8 Å². The lowest BCUT2D eigenvalue weighted by Crippen LogP contribution is -2.03. The molecule has 0 saturated carbocycles. The predicted molar refractivity (Wildman–Crippen MR) is 90.3 cm³/mol. The van der Waals surface area contributed by atoms with Crippen molar-refractivity contribution in [2.75, 3.05) is 5.32 Å². The van der Waals surface area contributed by atoms with Gasteiger partial charge in [0.15, 0.2) is 11.6 Å². The molecule has 6 nitrogen and oxygen atoms in total. The van der Waals surface area contributed by atoms with E-state index in [9.17, 15) is 10.1 Å². The van der Waals surface area contributed by atoms with Crippen molar-refractivity contribution in [1.29, 1.82) is 5.26 Å². The number of anilines is 1. The summed E-state index contributed by atoms with van der Waals surface area (Å²) in [4.78, 5) is 15.7. The number of carbonyl (C=O) groups excluding carboxylic acids is 1. The molecule has 0 bridgehead atoms. The maximum atomic E-state index is 11.5. The number of H-pyrrole nitrogens is 1. The van der Waals surface area contributed by atoms with Gasteiger partial charge in [-0.2, -0.15) is 10.4 Å². The molecule has 1 heterocycles. The fourth-order valence-corrected chi connectivity index (χ4v) is 2.38. The molecular formula is C18H15N5O. The third kappa shape index (κ3) is 3.31. The predicted octanol–water partition coefficient (Wildman–Crippen LogP) is 3.16. The molecule has 0 radical (unpaired) electrons. The quantitative estimate of drug-likeness (QED) is 0.705. The number of aromatic nitrogens is 3. The van der Waals surface area contributed by atoms with E-state index in [4.69, 9.17) is 0 Å². The fourth-order valence-electron chi connectivity index (χ4n) is 2.38. The zero-order valence-corrected chi connectivity index (χ0v) is 13.1. The van der Waals surface area contributed by atoms with Crippen molar-refractivity contribution in [2.24, 2.45) is 0 Å². The number of aromatic amines is 1. The first-order valence-electron chi connectivity index (χ1n) is 7.41. The van der Waals surface area contributed by atoms with E-state index >= 15 is 0 Å². The molecule has 0 amide bonds. The molecule has 118 valence electrons. The van der Waals surface area contributed by atoms with Gasteiger partial charge in [0, 0.05) is 17.7 Å². The normalized spacial score (nSPS) is 10.2. The number of hydrogen-bond donors (Lipinski definition) is 2. The Kier molecular flexibility index (Phi) is 4.34. The maximum absolute atomic E-state index is 11.5. The summed E-state index contributed by atoms with van der Waals surface area (Å²) in [5.74, 6) is 0.669. The Morgan fingerprint density at radius 1 is 1.29 bits per heavy atom. The van der Waals surface area contributed by atoms with Gasteiger partial charge in [0.2, 0.25) is 0 Å². The first-order valence-corrected chi connectivity index (χ1v) is 7.41. The van der Waals surface area contributed by atoms with Crippen molar-refractivity contribution in [3.8, 4) is 17.5 Å². The van der Waals surface area contributed by atoms with Gasteiger partial charge < -0.3 is 5.32 Å². The summed E-state index contributed by atoms with van der Waals surface area (Å²) >= 11 is 0. The van der Waals surface area contributed by atoms with E-state index in [1.807, 2.05) is 24.3 Å². The summed E-state index contributed by atoms with van der Waals surface area (Å²) in [6.45, 7) is 2.03. The van der Waals surface area contributed by atoms with Crippen LogP contribution in [0, 0.1) is 11.3 Å². The average Bonchev–Trinajstić information content (AvgIpc) is 3.14. The van der Waals surface area contributed by atoms with Crippen LogP contribution in [0.2, 0.25) is 0 Å². The summed E-state index contributed by atoms with van der Waals surface area (Å²) in [5.41, 5.74) is 3.69. The lowest BCUT2D eigenvalue weighted by molar-refractivity contribution is 0.101. The molecule has 3 rings (SSSR count). The fraction of sp³-hybridized carbons (Fsp3) is 0.111. The van der Waals surface area contributed by atoms with Crippen molar-refractivity contribution in [3.63, 3.8) is 0 Å². The molecule has 0 aliphatic carbocycles. The highest BCUT2D eigenvalue weighted by molar-refractivity contribution is 5.95. The van der Waals surface area contributed by atoms with E-state index in [1.165, 1.54) is 13.3 Å². The number of rotatable bonds is 5. The third-order valence-corrected chi connectivity index (χ3v) is 3.64. The molecule has 0 atom stereocenters. The van der Waals surface area contributed by atoms with E-state index in [0.717, 1.165) is 11.1 Å². The largest absolute Gasteiger partial charge is 0.380 e. The van der Waals surface area contributed by atoms with Gasteiger partial charge in [-0.15, -0.1) is 0 Å². The van der Waals surface area contributed by atoms with E-state index < -0.39 is 0 Å². The number of nitrogens with zero attached hydrogens (tertiary/aromatic N) is 3. The van der Waals surface area contributed by atoms with Gasteiger partial charge in [-0.3, -0.25) is 9.89 Å². The van der Waals surface area contributed by atoms with Gasteiger partial charge in [0.1, 0.15) is 12.4 Å². The molecule has 6 heteroatoms. The first-order chi connectivity index (χ1) is 11.7. The highest BCUT2D eigenvalue weighted by Gasteiger charge is 2.07. The Labute approximate surface area is 139 Å². The number of nitriles is 1. The van der Waals surface area contributed by atoms with Crippen LogP contribution in [0.1, 0.15) is 28.4 Å². The molecule has 1 aromatic heterocycles. The third-order valence-electron chi connectivity index (χ3n) is 3.64. The Bertz CT molecular complexity index is 909. The van der Waals surface area contributed by atoms with Gasteiger partial charge in [-0.05, 0) is 36.8 Å². The number of hydrogen-bond acceptors (Lipinski definition) is 5. The van der Waals surface area contributed by atoms with Crippen LogP contribution in [-0.2, 0) is 6.54 Å². The van der Waals surface area contributed by atoms with E-state index in [2.05, 4.69) is 26.6 Å². The summed E-state index contributed by atoms with van der Waals surface area (Å²) in [6.07, 6.45) is 1.46. The van der Waals surface area contributed by atoms with Gasteiger partial charge >= 0.3 is 0 Å². The van der Waals surface area contributed by atoms with Crippen LogP contribution in [0.25, 0.3) is 11.4 Å². The molecule has 0 aliphatic rings. The Hall–Kier alpha value is -3.46. The molecule has 2 N–H and O–H groups in total. The summed E-state index contributed by atoms with van der Waals surface area (Å²) in [5, 5.41) is 19.1. The standard InChI is InChI=1S/C18H15N5O/c1-12(24)14-5-6-16(9-19)17(8-14)20-10-13-3-2-4-15(7-13)18-21-11-22-23-18/h2-8,11,20H,10H2,1H3,(H,21,22,23). The molecule has 0 fully saturated rings. The van der Waals surface area contributed by atoms with Crippen LogP contribution in [0.5, 0.6) is 0 Å². The zero-order chi connectivity index (χ0) is 16.9. The van der Waals surface area contributed by atoms with E-state index in [1.54, 1.807) is 18.2 Å². The van der Waals surface area contributed by atoms with Crippen molar-refractivity contribution in [3.05, 3.63) is 65.5 Å². The lowest BCUT2D eigenvalue weighted by Gasteiger charge is -2.10. The first kappa shape index (κ1) is 15.4. The van der Waals surface area contributed by atoms with Crippen molar-refractivity contribution in [1.82, 2.24) is 15.2 Å². The summed E-state index contributed by atoms with van der Waals surface area (Å²) < 4.78 is 0. The molecule has 2 aromatic carbocycles. The summed E-state index contributed by atoms with van der Waals surface area (Å²) in [6, 6.07) is 15.0. The Balaban J connectivity index is 1.81. The molecule has 0 aliphatic heterocycles. The van der Waals surface area contributed by atoms with E-state index in [-0.39, 0.29) is 5.78 Å². The summed E-state index contributed by atoms with van der Waals surface area (Å²) in [7, 11) is 0. The number of ketones is 1. The Morgan fingerprint density at radius 2 is 2.17 bits per heavy atom. The van der Waals surface area contributed by atoms with Crippen LogP contribution in [0.3, 0.4) is 0 Å². The molecule has 0 saturated heterocycles. The number of Topliss-reactive ketones (excluding diaryl/α,β-unsaturated/α-hetero) is 1. The van der Waals surface area contributed by atoms with Gasteiger partial charge in [-0.1, -0.05) is 18.2 Å². The second-order valence-electron chi connectivity index (χ2n) is 5.32. The second-order valence-corrected chi connectivity index (χ2v) is 5.32. The smallest absolute Gasteiger partial charge is 0.159 e. The van der Waals surface area contributed by atoms with Crippen molar-refractivity contribution >= 4 is 11.5 Å². The number of nitrogens with one attached hydrogen (secondary N) is 2. The lowest BCUT2D eigenvalue weighted by atomic mass is 10.1. The monoisotopic (exact) mass is 317 g/mol. The highest BCUT2D eigenvalue weighted by Crippen LogP contribution is 2.20. The molecular weight excluding hydrogens is 302 g/mol. The zero-order valence-electron chi connectivity index (χ0n) is 13.1. The topological polar surface area (TPSA) is 94.5 Å². The number of benzene rings is 2. The maximum Gasteiger partial charge on any atom is 0.159 e. The Morgan fingerprint density at radius 3 is 2.88 bits per heavy atom. The van der Waals surface area contributed by atoms with Crippen LogP contribution < -0.4 is 5.32 Å². The van der Waals surface area contributed by atoms with E-state index in [0.29, 0.717) is 29.2 Å². The minimum absolute atomic E-state index is 0.0325. The van der Waals surface area contributed by atoms with Crippen molar-refractivity contribution < 1.29 is 4.79 Å². The van der Waals surface area contributed by atoms with Crippen molar-refractivity contribution in [2.45, 2.75) is 13.5 Å². The van der Waals surface area contributed by atoms with Gasteiger partial charge in [0.05, 0.1) is 11.3 Å². The SMILES string of the molecule is CC(=O)c1ccc(C#N)c(NCc2cccc(-c3ncn[nH]3)c2)c1.